The van der Waals surface area contributed by atoms with Gasteiger partial charge in [-0.15, -0.1) is 24.0 Å². The van der Waals surface area contributed by atoms with Gasteiger partial charge in [0.2, 0.25) is 0 Å². The van der Waals surface area contributed by atoms with Crippen molar-refractivity contribution in [2.24, 2.45) is 10.9 Å². The van der Waals surface area contributed by atoms with E-state index in [1.54, 1.807) is 0 Å². The molecule has 3 rings (SSSR count). The number of guanidine groups is 1. The Morgan fingerprint density at radius 2 is 1.90 bits per heavy atom. The maximum atomic E-state index is 4.87. The molecule has 0 atom stereocenters. The second-order valence-corrected chi connectivity index (χ2v) is 8.08. The average molecular weight is 527 g/mol. The highest BCUT2D eigenvalue weighted by Gasteiger charge is 2.18. The van der Waals surface area contributed by atoms with E-state index < -0.39 is 0 Å². The number of hydrogen-bond acceptors (Lipinski definition) is 3. The van der Waals surface area contributed by atoms with Gasteiger partial charge in [0.1, 0.15) is 5.82 Å². The van der Waals surface area contributed by atoms with E-state index in [1.807, 2.05) is 6.07 Å². The lowest BCUT2D eigenvalue weighted by Gasteiger charge is -2.31. The van der Waals surface area contributed by atoms with E-state index in [0.717, 1.165) is 55.8 Å². The van der Waals surface area contributed by atoms with Gasteiger partial charge in [-0.05, 0) is 77.2 Å². The summed E-state index contributed by atoms with van der Waals surface area (Å²) in [5, 5.41) is 6.91. The second-order valence-electron chi connectivity index (χ2n) is 8.08. The zero-order valence-corrected chi connectivity index (χ0v) is 21.2. The van der Waals surface area contributed by atoms with Crippen LogP contribution in [0.4, 0.5) is 0 Å². The molecule has 1 aliphatic heterocycles. The summed E-state index contributed by atoms with van der Waals surface area (Å²) in [4.78, 5) is 12.1. The normalized spacial score (nSPS) is 15.9. The zero-order valence-electron chi connectivity index (χ0n) is 18.9. The highest BCUT2D eigenvalue weighted by Crippen LogP contribution is 2.18. The van der Waals surface area contributed by atoms with Gasteiger partial charge in [-0.3, -0.25) is 4.99 Å². The molecule has 1 saturated heterocycles. The topological polar surface area (TPSA) is 57.5 Å². The lowest BCUT2D eigenvalue weighted by molar-refractivity contribution is 0.188. The first-order chi connectivity index (χ1) is 14.2. The minimum Gasteiger partial charge on any atom is -0.357 e. The number of halogens is 1. The molecule has 0 radical (unpaired) electrons. The summed E-state index contributed by atoms with van der Waals surface area (Å²) in [5.41, 5.74) is 2.30. The fourth-order valence-corrected chi connectivity index (χ4v) is 4.19. The van der Waals surface area contributed by atoms with Gasteiger partial charge in [-0.2, -0.15) is 0 Å². The summed E-state index contributed by atoms with van der Waals surface area (Å²) < 4.78 is 2.31. The lowest BCUT2D eigenvalue weighted by atomic mass is 9.97. The number of rotatable bonds is 9. The van der Waals surface area contributed by atoms with Crippen molar-refractivity contribution < 1.29 is 0 Å². The lowest BCUT2D eigenvalue weighted by Crippen LogP contribution is -2.39. The van der Waals surface area contributed by atoms with Crippen molar-refractivity contribution in [1.29, 1.82) is 0 Å². The Kier molecular flexibility index (Phi) is 10.9. The number of para-hydroxylation sites is 2. The predicted octanol–water partition coefficient (Wildman–Crippen LogP) is 4.03. The summed E-state index contributed by atoms with van der Waals surface area (Å²) >= 11 is 0. The molecule has 2 aromatic rings. The number of hydrogen-bond donors (Lipinski definition) is 2. The van der Waals surface area contributed by atoms with Crippen LogP contribution < -0.4 is 10.6 Å². The van der Waals surface area contributed by atoms with Crippen LogP contribution in [0, 0.1) is 12.8 Å². The molecular formula is C23H39IN6. The number of aliphatic imine (C=N–C) groups is 1. The molecular weight excluding hydrogens is 487 g/mol. The van der Waals surface area contributed by atoms with Crippen LogP contribution in [0.15, 0.2) is 29.3 Å². The molecule has 2 N–H and O–H groups in total. The molecule has 1 aliphatic rings. The molecule has 0 spiro atoms. The van der Waals surface area contributed by atoms with Crippen molar-refractivity contribution in [1.82, 2.24) is 25.1 Å². The molecule has 1 aromatic heterocycles. The third-order valence-electron chi connectivity index (χ3n) is 5.80. The van der Waals surface area contributed by atoms with Crippen molar-refractivity contribution in [3.05, 3.63) is 30.1 Å². The average Bonchev–Trinajstić information content (AvgIpc) is 3.05. The number of imidazole rings is 1. The number of benzene rings is 1. The molecule has 1 aromatic carbocycles. The van der Waals surface area contributed by atoms with E-state index >= 15 is 0 Å². The monoisotopic (exact) mass is 526 g/mol. The van der Waals surface area contributed by atoms with E-state index in [2.05, 4.69) is 64.1 Å². The van der Waals surface area contributed by atoms with Crippen molar-refractivity contribution >= 4 is 41.0 Å². The Morgan fingerprint density at radius 3 is 2.63 bits per heavy atom. The third-order valence-corrected chi connectivity index (χ3v) is 5.80. The van der Waals surface area contributed by atoms with Gasteiger partial charge in [-0.1, -0.05) is 19.1 Å². The van der Waals surface area contributed by atoms with Crippen LogP contribution in [0.25, 0.3) is 11.0 Å². The molecule has 6 nitrogen and oxygen atoms in total. The van der Waals surface area contributed by atoms with E-state index in [4.69, 9.17) is 4.99 Å². The van der Waals surface area contributed by atoms with E-state index in [9.17, 15) is 0 Å². The van der Waals surface area contributed by atoms with E-state index in [1.165, 1.54) is 44.4 Å². The number of fused-ring (bicyclic) bond motifs is 1. The summed E-state index contributed by atoms with van der Waals surface area (Å²) in [6.45, 7) is 13.9. The number of nitrogens with one attached hydrogen (secondary N) is 2. The van der Waals surface area contributed by atoms with Crippen LogP contribution in [0.5, 0.6) is 0 Å². The van der Waals surface area contributed by atoms with Crippen molar-refractivity contribution in [2.45, 2.75) is 53.0 Å². The van der Waals surface area contributed by atoms with Crippen LogP contribution in [-0.2, 0) is 6.54 Å². The van der Waals surface area contributed by atoms with Crippen molar-refractivity contribution in [2.75, 3.05) is 39.3 Å². The fraction of sp³-hybridized carbons (Fsp3) is 0.652. The van der Waals surface area contributed by atoms with Gasteiger partial charge in [-0.25, -0.2) is 4.98 Å². The molecule has 0 saturated carbocycles. The minimum absolute atomic E-state index is 0. The maximum Gasteiger partial charge on any atom is 0.191 e. The minimum atomic E-state index is 0. The Hall–Kier alpha value is -1.35. The van der Waals surface area contributed by atoms with Crippen molar-refractivity contribution in [3.8, 4) is 0 Å². The number of aromatic nitrogens is 2. The quantitative estimate of drug-likeness (QED) is 0.224. The first kappa shape index (κ1) is 24.9. The second kappa shape index (κ2) is 13.1. The van der Waals surface area contributed by atoms with Gasteiger partial charge in [0, 0.05) is 26.2 Å². The predicted molar refractivity (Wildman–Crippen MR) is 138 cm³/mol. The van der Waals surface area contributed by atoms with Gasteiger partial charge in [0.25, 0.3) is 0 Å². The molecule has 0 aliphatic carbocycles. The number of nitrogens with zero attached hydrogens (tertiary/aromatic N) is 4. The molecule has 7 heteroatoms. The number of aryl methyl sites for hydroxylation is 2. The van der Waals surface area contributed by atoms with E-state index in [-0.39, 0.29) is 24.0 Å². The fourth-order valence-electron chi connectivity index (χ4n) is 4.19. The molecule has 30 heavy (non-hydrogen) atoms. The molecule has 0 amide bonds. The standard InChI is InChI=1S/C23H38N6.HI/c1-4-14-28-16-11-20(12-17-28)18-26-23(24-5-2)25-13-8-15-29-19(3)27-21-9-6-7-10-22(21)29;/h6-7,9-10,20H,4-5,8,11-18H2,1-3H3,(H2,24,25,26);1H. The van der Waals surface area contributed by atoms with Crippen molar-refractivity contribution in [3.63, 3.8) is 0 Å². The number of likely N-dealkylation sites (tertiary alicyclic amines) is 1. The Morgan fingerprint density at radius 1 is 1.13 bits per heavy atom. The summed E-state index contributed by atoms with van der Waals surface area (Å²) in [6, 6.07) is 8.37. The molecule has 168 valence electrons. The highest BCUT2D eigenvalue weighted by atomic mass is 127. The van der Waals surface area contributed by atoms with Crippen LogP contribution in [0.1, 0.15) is 45.4 Å². The largest absolute Gasteiger partial charge is 0.357 e. The Balaban J connectivity index is 0.00000320. The first-order valence-corrected chi connectivity index (χ1v) is 11.4. The van der Waals surface area contributed by atoms with E-state index in [0.29, 0.717) is 0 Å². The molecule has 2 heterocycles. The van der Waals surface area contributed by atoms with Crippen LogP contribution in [-0.4, -0.2) is 59.7 Å². The first-order valence-electron chi connectivity index (χ1n) is 11.4. The summed E-state index contributed by atoms with van der Waals surface area (Å²) in [5.74, 6) is 2.76. The van der Waals surface area contributed by atoms with Gasteiger partial charge >= 0.3 is 0 Å². The molecule has 1 fully saturated rings. The van der Waals surface area contributed by atoms with Crippen LogP contribution in [0.3, 0.4) is 0 Å². The SMILES string of the molecule is CCCN1CCC(CN=C(NCC)NCCCn2c(C)nc3ccccc32)CC1.I. The van der Waals surface area contributed by atoms with Crippen LogP contribution in [0.2, 0.25) is 0 Å². The maximum absolute atomic E-state index is 4.87. The zero-order chi connectivity index (χ0) is 20.5. The van der Waals surface area contributed by atoms with Gasteiger partial charge in [0.15, 0.2) is 5.96 Å². The van der Waals surface area contributed by atoms with Gasteiger partial charge < -0.3 is 20.1 Å². The number of piperidine rings is 1. The summed E-state index contributed by atoms with van der Waals surface area (Å²) in [6.07, 6.45) is 4.85. The Labute approximate surface area is 198 Å². The molecule has 0 unspecified atom stereocenters. The smallest absolute Gasteiger partial charge is 0.191 e. The summed E-state index contributed by atoms with van der Waals surface area (Å²) in [7, 11) is 0. The Bertz CT molecular complexity index is 779. The third kappa shape index (κ3) is 7.11. The molecule has 0 bridgehead atoms. The van der Waals surface area contributed by atoms with Crippen LogP contribution >= 0.6 is 24.0 Å². The van der Waals surface area contributed by atoms with Gasteiger partial charge in [0.05, 0.1) is 11.0 Å². The highest BCUT2D eigenvalue weighted by molar-refractivity contribution is 14.0.